The Kier molecular flexibility index (Phi) is 14.9. The van der Waals surface area contributed by atoms with Crippen LogP contribution in [0.1, 0.15) is 45.4 Å². The van der Waals surface area contributed by atoms with E-state index in [1.165, 1.54) is 32.1 Å². The van der Waals surface area contributed by atoms with Gasteiger partial charge in [-0.2, -0.15) is 32.9 Å². The summed E-state index contributed by atoms with van der Waals surface area (Å²) in [6.45, 7) is -2.04. The summed E-state index contributed by atoms with van der Waals surface area (Å²) in [6, 6.07) is 0. The normalized spacial score (nSPS) is 13.2. The average Bonchev–Trinajstić information content (AvgIpc) is 2.49. The van der Waals surface area contributed by atoms with E-state index in [4.69, 9.17) is 5.73 Å². The second kappa shape index (κ2) is 13.9. The fourth-order valence-corrected chi connectivity index (χ4v) is 3.46. The van der Waals surface area contributed by atoms with Gasteiger partial charge in [-0.3, -0.25) is 13.4 Å². The zero-order valence-electron chi connectivity index (χ0n) is 14.9. The quantitative estimate of drug-likeness (QED) is 0.234. The fourth-order valence-electron chi connectivity index (χ4n) is 1.42. The topological polar surface area (TPSA) is 132 Å². The van der Waals surface area contributed by atoms with Crippen molar-refractivity contribution in [3.63, 3.8) is 0 Å². The highest BCUT2D eigenvalue weighted by Gasteiger charge is 2.40. The molecule has 0 radical (unpaired) electrons. The molecule has 0 aromatic carbocycles. The lowest BCUT2D eigenvalue weighted by molar-refractivity contribution is -0.335. The molecule has 0 saturated carbocycles. The molecule has 0 bridgehead atoms. The lowest BCUT2D eigenvalue weighted by Gasteiger charge is -2.31. The van der Waals surface area contributed by atoms with Gasteiger partial charge in [0.05, 0.1) is 7.82 Å². The van der Waals surface area contributed by atoms with E-state index in [1.54, 1.807) is 0 Å². The molecule has 0 saturated heterocycles. The van der Waals surface area contributed by atoms with Crippen LogP contribution in [0.3, 0.4) is 0 Å². The number of alkyl halides is 6. The van der Waals surface area contributed by atoms with Gasteiger partial charge in [0.15, 0.2) is 13.2 Å². The zero-order valence-corrected chi connectivity index (χ0v) is 16.7. The third-order valence-corrected chi connectivity index (χ3v) is 4.99. The van der Waals surface area contributed by atoms with Crippen molar-refractivity contribution in [2.45, 2.75) is 57.8 Å². The summed E-state index contributed by atoms with van der Waals surface area (Å²) < 4.78 is 101. The minimum Gasteiger partial charge on any atom is -0.789 e. The number of halogens is 6. The van der Waals surface area contributed by atoms with E-state index >= 15 is 0 Å². The molecular weight excluding hydrogens is 446 g/mol. The van der Waals surface area contributed by atoms with Gasteiger partial charge in [0.25, 0.3) is 0 Å². The van der Waals surface area contributed by atoms with Crippen LogP contribution >= 0.6 is 15.6 Å². The third kappa shape index (κ3) is 23.8. The monoisotopic (exact) mass is 468 g/mol. The van der Waals surface area contributed by atoms with Crippen LogP contribution < -0.4 is 9.79 Å². The molecular formula is C12H22F6NO7P2-3. The molecule has 0 rings (SSSR count). The highest BCUT2D eigenvalue weighted by atomic mass is 31.3. The Morgan fingerprint density at radius 1 is 0.821 bits per heavy atom. The number of rotatable bonds is 12. The van der Waals surface area contributed by atoms with Crippen LogP contribution in [0.4, 0.5) is 26.3 Å². The summed E-state index contributed by atoms with van der Waals surface area (Å²) >= 11 is 0. The summed E-state index contributed by atoms with van der Waals surface area (Å²) in [5.74, 6) is 0. The number of unbranched alkanes of at least 4 members (excludes halogenated alkanes) is 5. The summed E-state index contributed by atoms with van der Waals surface area (Å²) in [5, 5.41) is 0. The molecule has 16 heteroatoms. The first-order valence-electron chi connectivity index (χ1n) is 7.94. The predicted octanol–water partition coefficient (Wildman–Crippen LogP) is 4.50. The SMILES string of the molecule is CCCCCCCC[NH-].O=P([O-])([O-])OP(=O)(OCC(F)(F)F)OCC(F)(F)F. The van der Waals surface area contributed by atoms with Crippen molar-refractivity contribution >= 4 is 15.6 Å². The van der Waals surface area contributed by atoms with Crippen LogP contribution in [-0.4, -0.2) is 32.1 Å². The Balaban J connectivity index is 0. The molecule has 0 spiro atoms. The van der Waals surface area contributed by atoms with Crippen LogP contribution in [0, 0.1) is 0 Å². The smallest absolute Gasteiger partial charge is 0.479 e. The van der Waals surface area contributed by atoms with Crippen molar-refractivity contribution < 1.29 is 58.6 Å². The first-order valence-corrected chi connectivity index (χ1v) is 10.9. The van der Waals surface area contributed by atoms with Gasteiger partial charge in [-0.15, -0.1) is 0 Å². The van der Waals surface area contributed by atoms with E-state index in [1.807, 2.05) is 0 Å². The van der Waals surface area contributed by atoms with E-state index in [0.717, 1.165) is 6.42 Å². The van der Waals surface area contributed by atoms with Crippen molar-refractivity contribution in [3.05, 3.63) is 5.73 Å². The van der Waals surface area contributed by atoms with E-state index < -0.39 is 41.2 Å². The predicted molar refractivity (Wildman–Crippen MR) is 82.9 cm³/mol. The van der Waals surface area contributed by atoms with Crippen molar-refractivity contribution in [2.24, 2.45) is 0 Å². The lowest BCUT2D eigenvalue weighted by atomic mass is 10.1. The average molecular weight is 468 g/mol. The molecule has 8 nitrogen and oxygen atoms in total. The van der Waals surface area contributed by atoms with Gasteiger partial charge in [0.2, 0.25) is 0 Å². The van der Waals surface area contributed by atoms with Crippen LogP contribution in [-0.2, 0) is 22.5 Å². The van der Waals surface area contributed by atoms with Crippen molar-refractivity contribution in [3.8, 4) is 0 Å². The van der Waals surface area contributed by atoms with Gasteiger partial charge < -0.3 is 20.1 Å². The van der Waals surface area contributed by atoms with E-state index in [9.17, 15) is 45.3 Å². The van der Waals surface area contributed by atoms with Crippen molar-refractivity contribution in [2.75, 3.05) is 19.8 Å². The molecule has 0 amide bonds. The molecule has 0 aliphatic heterocycles. The number of hydrogen-bond acceptors (Lipinski definition) is 7. The number of hydrogen-bond donors (Lipinski definition) is 0. The highest BCUT2D eigenvalue weighted by molar-refractivity contribution is 7.60. The fraction of sp³-hybridized carbons (Fsp3) is 1.00. The summed E-state index contributed by atoms with van der Waals surface area (Å²) in [5.41, 5.74) is 6.88. The zero-order chi connectivity index (χ0) is 22.5. The second-order valence-corrected chi connectivity index (χ2v) is 8.23. The van der Waals surface area contributed by atoms with Gasteiger partial charge in [-0.05, 0) is 0 Å². The highest BCUT2D eigenvalue weighted by Crippen LogP contribution is 2.59. The van der Waals surface area contributed by atoms with Gasteiger partial charge in [-0.25, -0.2) is 4.57 Å². The Bertz CT molecular complexity index is 470. The van der Waals surface area contributed by atoms with Gasteiger partial charge in [0, 0.05) is 0 Å². The standard InChI is InChI=1S/C8H18N.C4H6F6O7P2/c1-2-3-4-5-6-7-8-9;5-3(6,7)1-15-19(14,17-18(11,12)13)16-2-4(8,9)10/h9H,2-8H2,1H3;1-2H2,(H2,11,12,13)/q-1;/p-2. The van der Waals surface area contributed by atoms with Crippen molar-refractivity contribution in [1.82, 2.24) is 0 Å². The Morgan fingerprint density at radius 3 is 1.54 bits per heavy atom. The van der Waals surface area contributed by atoms with Crippen LogP contribution in [0.5, 0.6) is 0 Å². The van der Waals surface area contributed by atoms with E-state index in [-0.39, 0.29) is 0 Å². The first-order chi connectivity index (χ1) is 12.5. The van der Waals surface area contributed by atoms with Gasteiger partial charge in [0.1, 0.15) is 0 Å². The molecule has 0 aromatic rings. The molecule has 0 aliphatic rings. The van der Waals surface area contributed by atoms with Crippen LogP contribution in [0.15, 0.2) is 0 Å². The molecule has 0 aromatic heterocycles. The number of nitrogens with one attached hydrogen (secondary N) is 1. The summed E-state index contributed by atoms with van der Waals surface area (Å²) in [7, 11) is -12.1. The minimum atomic E-state index is -6.20. The molecule has 0 atom stereocenters. The summed E-state index contributed by atoms with van der Waals surface area (Å²) in [6.07, 6.45) is -2.57. The Morgan fingerprint density at radius 2 is 1.21 bits per heavy atom. The van der Waals surface area contributed by atoms with Crippen LogP contribution in [0.2, 0.25) is 0 Å². The maximum Gasteiger partial charge on any atom is 0.479 e. The molecule has 172 valence electrons. The number of phosphoric ester groups is 1. The molecule has 0 fully saturated rings. The van der Waals surface area contributed by atoms with Crippen molar-refractivity contribution in [1.29, 1.82) is 0 Å². The lowest BCUT2D eigenvalue weighted by Crippen LogP contribution is -2.23. The maximum atomic E-state index is 11.7. The first kappa shape index (κ1) is 30.0. The number of phosphoric acid groups is 2. The largest absolute Gasteiger partial charge is 0.789 e. The van der Waals surface area contributed by atoms with Gasteiger partial charge in [-0.1, -0.05) is 45.4 Å². The van der Waals surface area contributed by atoms with Crippen LogP contribution in [0.25, 0.3) is 5.73 Å². The minimum absolute atomic E-state index is 0.617. The summed E-state index contributed by atoms with van der Waals surface area (Å²) in [4.78, 5) is 20.1. The van der Waals surface area contributed by atoms with E-state index in [2.05, 4.69) is 20.3 Å². The Labute approximate surface area is 158 Å². The van der Waals surface area contributed by atoms with Gasteiger partial charge >= 0.3 is 20.2 Å². The molecule has 28 heavy (non-hydrogen) atoms. The maximum absolute atomic E-state index is 11.7. The third-order valence-electron chi connectivity index (χ3n) is 2.50. The van der Waals surface area contributed by atoms with E-state index in [0.29, 0.717) is 6.54 Å². The Hall–Kier alpha value is -0.200. The molecule has 1 N–H and O–H groups in total. The molecule has 0 unspecified atom stereocenters. The second-order valence-electron chi connectivity index (χ2n) is 5.27. The molecule has 0 aliphatic carbocycles. The molecule has 0 heterocycles.